The fraction of sp³-hybridized carbons (Fsp3) is 0.0625. The Kier molecular flexibility index (Phi) is 4.05. The normalized spacial score (nSPS) is 11.2. The number of hydrogen-bond acceptors (Lipinski definition) is 4. The molecule has 20 heavy (non-hydrogen) atoms. The molecule has 0 saturated heterocycles. The van der Waals surface area contributed by atoms with Crippen LogP contribution in [0.5, 0.6) is 11.5 Å². The van der Waals surface area contributed by atoms with Crippen molar-refractivity contribution < 1.29 is 19.7 Å². The van der Waals surface area contributed by atoms with Crippen molar-refractivity contribution in [2.75, 3.05) is 7.11 Å². The lowest BCUT2D eigenvalue weighted by Gasteiger charge is -2.10. The Balaban J connectivity index is 2.35. The lowest BCUT2D eigenvalue weighted by Crippen LogP contribution is -2.03. The highest BCUT2D eigenvalue weighted by Gasteiger charge is 2.10. The van der Waals surface area contributed by atoms with Crippen LogP contribution in [0.3, 0.4) is 0 Å². The molecule has 0 saturated carbocycles. The third-order valence-corrected chi connectivity index (χ3v) is 2.80. The fourth-order valence-electron chi connectivity index (χ4n) is 1.81. The highest BCUT2D eigenvalue weighted by Crippen LogP contribution is 2.24. The quantitative estimate of drug-likeness (QED) is 0.526. The van der Waals surface area contributed by atoms with Gasteiger partial charge in [-0.3, -0.25) is 4.79 Å². The van der Waals surface area contributed by atoms with Gasteiger partial charge in [-0.1, -0.05) is 42.1 Å². The molecule has 0 radical (unpaired) electrons. The van der Waals surface area contributed by atoms with E-state index < -0.39 is 5.78 Å². The van der Waals surface area contributed by atoms with E-state index in [1.807, 2.05) is 0 Å². The number of aliphatic hydroxyl groups excluding tert-OH is 1. The van der Waals surface area contributed by atoms with Gasteiger partial charge in [-0.05, 0) is 12.1 Å². The van der Waals surface area contributed by atoms with Gasteiger partial charge in [0.15, 0.2) is 5.78 Å². The molecule has 0 spiro atoms. The molecule has 2 rings (SSSR count). The van der Waals surface area contributed by atoms with Crippen LogP contribution in [0, 0.1) is 0 Å². The van der Waals surface area contributed by atoms with Crippen molar-refractivity contribution in [3.05, 3.63) is 65.7 Å². The minimum atomic E-state index is -0.543. The van der Waals surface area contributed by atoms with Gasteiger partial charge in [0.2, 0.25) is 0 Å². The smallest absolute Gasteiger partial charge is 0.188 e. The standard InChI is InChI=1S/C16H14O4/c1-20-16-9-5-3-7-12(16)15(19)10-14(18)11-6-2-4-8-13(11)17/h2-10,17,19H,1H3/p-1/b15-10-. The Morgan fingerprint density at radius 2 is 1.70 bits per heavy atom. The third kappa shape index (κ3) is 2.80. The average Bonchev–Trinajstić information content (AvgIpc) is 2.47. The minimum absolute atomic E-state index is 0.0222. The van der Waals surface area contributed by atoms with Gasteiger partial charge in [-0.25, -0.2) is 0 Å². The summed E-state index contributed by atoms with van der Waals surface area (Å²) < 4.78 is 5.10. The summed E-state index contributed by atoms with van der Waals surface area (Å²) in [5.74, 6) is -0.708. The van der Waals surface area contributed by atoms with Crippen LogP contribution in [-0.4, -0.2) is 18.0 Å². The van der Waals surface area contributed by atoms with E-state index in [2.05, 4.69) is 0 Å². The molecule has 4 nitrogen and oxygen atoms in total. The molecule has 1 N–H and O–H groups in total. The molecule has 0 amide bonds. The first-order valence-corrected chi connectivity index (χ1v) is 5.98. The highest BCUT2D eigenvalue weighted by molar-refractivity contribution is 6.09. The maximum Gasteiger partial charge on any atom is 0.188 e. The maximum atomic E-state index is 12.0. The van der Waals surface area contributed by atoms with Gasteiger partial charge in [0.1, 0.15) is 11.5 Å². The summed E-state index contributed by atoms with van der Waals surface area (Å²) in [5.41, 5.74) is 0.417. The number of ketones is 1. The largest absolute Gasteiger partial charge is 0.872 e. The van der Waals surface area contributed by atoms with Crippen LogP contribution >= 0.6 is 0 Å². The topological polar surface area (TPSA) is 69.6 Å². The van der Waals surface area contributed by atoms with Crippen LogP contribution in [-0.2, 0) is 0 Å². The van der Waals surface area contributed by atoms with Crippen LogP contribution in [0.2, 0.25) is 0 Å². The average molecular weight is 269 g/mol. The molecule has 0 atom stereocenters. The predicted octanol–water partition coefficient (Wildman–Crippen LogP) is 2.55. The zero-order valence-corrected chi connectivity index (χ0v) is 10.9. The second kappa shape index (κ2) is 5.93. The molecule has 0 heterocycles. The van der Waals surface area contributed by atoms with Crippen LogP contribution < -0.4 is 9.84 Å². The first-order valence-electron chi connectivity index (χ1n) is 5.98. The van der Waals surface area contributed by atoms with Crippen LogP contribution in [0.1, 0.15) is 15.9 Å². The van der Waals surface area contributed by atoms with E-state index in [4.69, 9.17) is 4.74 Å². The molecule has 102 valence electrons. The molecule has 2 aromatic rings. The van der Waals surface area contributed by atoms with Gasteiger partial charge >= 0.3 is 0 Å². The number of carbonyl (C=O) groups excluding carboxylic acids is 1. The van der Waals surface area contributed by atoms with E-state index in [1.54, 1.807) is 36.4 Å². The van der Waals surface area contributed by atoms with Crippen molar-refractivity contribution in [3.8, 4) is 11.5 Å². The molecule has 2 aromatic carbocycles. The van der Waals surface area contributed by atoms with Gasteiger partial charge in [0.25, 0.3) is 0 Å². The summed E-state index contributed by atoms with van der Waals surface area (Å²) in [6.45, 7) is 0. The lowest BCUT2D eigenvalue weighted by atomic mass is 10.1. The molecule has 0 fully saturated rings. The third-order valence-electron chi connectivity index (χ3n) is 2.80. The van der Waals surface area contributed by atoms with Gasteiger partial charge in [0.05, 0.1) is 12.7 Å². The van der Waals surface area contributed by atoms with Gasteiger partial charge in [-0.2, -0.15) is 0 Å². The molecule has 0 aliphatic heterocycles. The predicted molar refractivity (Wildman–Crippen MR) is 73.8 cm³/mol. The number of methoxy groups -OCH3 is 1. The number of hydrogen-bond donors (Lipinski definition) is 1. The second-order valence-electron chi connectivity index (χ2n) is 4.09. The van der Waals surface area contributed by atoms with Crippen molar-refractivity contribution in [2.45, 2.75) is 0 Å². The van der Waals surface area contributed by atoms with E-state index in [0.717, 1.165) is 6.08 Å². The van der Waals surface area contributed by atoms with Crippen LogP contribution in [0.15, 0.2) is 54.6 Å². The van der Waals surface area contributed by atoms with E-state index in [1.165, 1.54) is 19.2 Å². The number of para-hydroxylation sites is 2. The molecule has 4 heteroatoms. The molecular weight excluding hydrogens is 256 g/mol. The Hall–Kier alpha value is -2.75. The summed E-state index contributed by atoms with van der Waals surface area (Å²) in [4.78, 5) is 12.0. The summed E-state index contributed by atoms with van der Waals surface area (Å²) in [6, 6.07) is 12.7. The Labute approximate surface area is 116 Å². The maximum absolute atomic E-state index is 12.0. The first-order chi connectivity index (χ1) is 9.63. The van der Waals surface area contributed by atoms with Gasteiger partial charge in [-0.15, -0.1) is 0 Å². The molecular formula is C16H13O4-. The van der Waals surface area contributed by atoms with E-state index in [0.29, 0.717) is 11.3 Å². The summed E-state index contributed by atoms with van der Waals surface area (Å²) in [5, 5.41) is 21.6. The Bertz CT molecular complexity index is 659. The second-order valence-corrected chi connectivity index (χ2v) is 4.09. The summed E-state index contributed by atoms with van der Waals surface area (Å²) in [7, 11) is 1.47. The molecule has 0 aromatic heterocycles. The minimum Gasteiger partial charge on any atom is -0.872 e. The number of aliphatic hydroxyl groups is 1. The van der Waals surface area contributed by atoms with E-state index in [-0.39, 0.29) is 17.1 Å². The number of rotatable bonds is 4. The Morgan fingerprint density at radius 1 is 1.10 bits per heavy atom. The van der Waals surface area contributed by atoms with Crippen LogP contribution in [0.4, 0.5) is 0 Å². The molecule has 0 aliphatic carbocycles. The summed E-state index contributed by atoms with van der Waals surface area (Å²) in [6.07, 6.45) is 1.02. The van der Waals surface area contributed by atoms with Crippen molar-refractivity contribution in [2.24, 2.45) is 0 Å². The van der Waals surface area contributed by atoms with Gasteiger partial charge in [0, 0.05) is 11.6 Å². The van der Waals surface area contributed by atoms with E-state index >= 15 is 0 Å². The molecule has 0 aliphatic rings. The van der Waals surface area contributed by atoms with Gasteiger partial charge < -0.3 is 14.9 Å². The molecule has 0 bridgehead atoms. The monoisotopic (exact) mass is 269 g/mol. The van der Waals surface area contributed by atoms with Crippen molar-refractivity contribution in [1.82, 2.24) is 0 Å². The Morgan fingerprint density at radius 3 is 2.35 bits per heavy atom. The number of benzene rings is 2. The van der Waals surface area contributed by atoms with Crippen molar-refractivity contribution in [3.63, 3.8) is 0 Å². The zero-order chi connectivity index (χ0) is 14.5. The lowest BCUT2D eigenvalue weighted by molar-refractivity contribution is -0.268. The number of carbonyl (C=O) groups is 1. The number of ether oxygens (including phenoxy) is 1. The fourth-order valence-corrected chi connectivity index (χ4v) is 1.81. The van der Waals surface area contributed by atoms with Crippen molar-refractivity contribution in [1.29, 1.82) is 0 Å². The van der Waals surface area contributed by atoms with E-state index in [9.17, 15) is 15.0 Å². The van der Waals surface area contributed by atoms with Crippen molar-refractivity contribution >= 4 is 11.5 Å². The SMILES string of the molecule is COc1ccccc1/C(O)=C/C(=O)c1ccccc1[O-]. The summed E-state index contributed by atoms with van der Waals surface area (Å²) >= 11 is 0. The first kappa shape index (κ1) is 13.7. The highest BCUT2D eigenvalue weighted by atomic mass is 16.5. The number of allylic oxidation sites excluding steroid dienone is 1. The van der Waals surface area contributed by atoms with Crippen LogP contribution in [0.25, 0.3) is 5.76 Å². The zero-order valence-electron chi connectivity index (χ0n) is 10.9. The molecule has 0 unspecified atom stereocenters.